The lowest BCUT2D eigenvalue weighted by Gasteiger charge is -2.11. The van der Waals surface area contributed by atoms with Gasteiger partial charge in [-0.1, -0.05) is 29.8 Å². The molecule has 0 radical (unpaired) electrons. The number of carbonyl (C=O) groups excluding carboxylic acids is 1. The molecule has 0 unspecified atom stereocenters. The van der Waals surface area contributed by atoms with Crippen LogP contribution in [0.3, 0.4) is 0 Å². The summed E-state index contributed by atoms with van der Waals surface area (Å²) in [6, 6.07) is 13.1. The van der Waals surface area contributed by atoms with Crippen LogP contribution in [0.2, 0.25) is 0 Å². The average Bonchev–Trinajstić information content (AvgIpc) is 3.00. The van der Waals surface area contributed by atoms with Crippen LogP contribution in [0.5, 0.6) is 5.75 Å². The number of nitro groups is 1. The second-order valence-electron chi connectivity index (χ2n) is 7.50. The molecule has 0 aliphatic carbocycles. The molecule has 0 aliphatic rings. The van der Waals surface area contributed by atoms with Gasteiger partial charge in [0.15, 0.2) is 0 Å². The summed E-state index contributed by atoms with van der Waals surface area (Å²) in [5.41, 5.74) is 4.62. The van der Waals surface area contributed by atoms with Gasteiger partial charge < -0.3 is 10.1 Å². The van der Waals surface area contributed by atoms with Crippen LogP contribution in [0.15, 0.2) is 42.5 Å². The Bertz CT molecular complexity index is 1100. The summed E-state index contributed by atoms with van der Waals surface area (Å²) in [7, 11) is 0. The van der Waals surface area contributed by atoms with Gasteiger partial charge in [-0.3, -0.25) is 19.6 Å². The first kappa shape index (κ1) is 22.0. The fourth-order valence-corrected chi connectivity index (χ4v) is 3.43. The number of hydrogen-bond acceptors (Lipinski definition) is 5. The molecule has 3 aromatic rings. The molecule has 3 rings (SSSR count). The SMILES string of the molecule is Cc1ccc(OCCNC(=O)c2ccc(Cn3nc(C)c([N+](=O)[O-])c3C)cc2)c(C)c1. The fraction of sp³-hybridized carbons (Fsp3) is 0.304. The Hall–Kier alpha value is -3.68. The third-order valence-electron chi connectivity index (χ3n) is 5.05. The van der Waals surface area contributed by atoms with Crippen LogP contribution < -0.4 is 10.1 Å². The fourth-order valence-electron chi connectivity index (χ4n) is 3.43. The largest absolute Gasteiger partial charge is 0.491 e. The van der Waals surface area contributed by atoms with Crippen LogP contribution in [0.4, 0.5) is 5.69 Å². The van der Waals surface area contributed by atoms with Gasteiger partial charge >= 0.3 is 5.69 Å². The first-order valence-corrected chi connectivity index (χ1v) is 10.0. The number of hydrogen-bond donors (Lipinski definition) is 1. The first-order valence-electron chi connectivity index (χ1n) is 10.0. The molecule has 0 atom stereocenters. The van der Waals surface area contributed by atoms with Gasteiger partial charge in [-0.2, -0.15) is 5.10 Å². The van der Waals surface area contributed by atoms with Crippen molar-refractivity contribution in [3.8, 4) is 5.75 Å². The van der Waals surface area contributed by atoms with Crippen molar-refractivity contribution in [1.82, 2.24) is 15.1 Å². The van der Waals surface area contributed by atoms with Crippen LogP contribution in [0.1, 0.15) is 38.4 Å². The summed E-state index contributed by atoms with van der Waals surface area (Å²) in [5.74, 6) is 0.631. The molecule has 0 saturated carbocycles. The Labute approximate surface area is 181 Å². The van der Waals surface area contributed by atoms with E-state index in [2.05, 4.69) is 16.5 Å². The Balaban J connectivity index is 1.53. The topological polar surface area (TPSA) is 99.3 Å². The Kier molecular flexibility index (Phi) is 6.69. The molecule has 0 saturated heterocycles. The van der Waals surface area contributed by atoms with Crippen LogP contribution in [0.25, 0.3) is 0 Å². The standard InChI is InChI=1S/C23H26N4O4/c1-15-5-10-21(16(2)13-15)31-12-11-24-23(28)20-8-6-19(7-9-20)14-26-18(4)22(27(29)30)17(3)25-26/h5-10,13H,11-12,14H2,1-4H3,(H,24,28). The molecule has 0 spiro atoms. The zero-order chi connectivity index (χ0) is 22.5. The third-order valence-corrected chi connectivity index (χ3v) is 5.05. The molecule has 1 amide bonds. The van der Waals surface area contributed by atoms with Gasteiger partial charge in [-0.25, -0.2) is 0 Å². The average molecular weight is 422 g/mol. The second kappa shape index (κ2) is 9.42. The van der Waals surface area contributed by atoms with Crippen molar-refractivity contribution in [3.63, 3.8) is 0 Å². The van der Waals surface area contributed by atoms with E-state index in [9.17, 15) is 14.9 Å². The third kappa shape index (κ3) is 5.28. The molecule has 1 aromatic heterocycles. The smallest absolute Gasteiger partial charge is 0.312 e. The van der Waals surface area contributed by atoms with E-state index < -0.39 is 4.92 Å². The predicted octanol–water partition coefficient (Wildman–Crippen LogP) is 3.88. The highest BCUT2D eigenvalue weighted by molar-refractivity contribution is 5.94. The van der Waals surface area contributed by atoms with Crippen molar-refractivity contribution in [2.75, 3.05) is 13.2 Å². The number of carbonyl (C=O) groups is 1. The number of ether oxygens (including phenoxy) is 1. The van der Waals surface area contributed by atoms with Crippen molar-refractivity contribution < 1.29 is 14.5 Å². The maximum Gasteiger partial charge on any atom is 0.312 e. The van der Waals surface area contributed by atoms with E-state index in [0.717, 1.165) is 16.9 Å². The van der Waals surface area contributed by atoms with Crippen molar-refractivity contribution >= 4 is 11.6 Å². The molecule has 1 heterocycles. The summed E-state index contributed by atoms with van der Waals surface area (Å²) in [4.78, 5) is 23.1. The molecule has 0 bridgehead atoms. The van der Waals surface area contributed by atoms with Gasteiger partial charge in [0.1, 0.15) is 23.7 Å². The molecule has 8 heteroatoms. The number of rotatable bonds is 8. The van der Waals surface area contributed by atoms with Crippen molar-refractivity contribution in [1.29, 1.82) is 0 Å². The van der Waals surface area contributed by atoms with Gasteiger partial charge in [-0.05, 0) is 57.0 Å². The lowest BCUT2D eigenvalue weighted by molar-refractivity contribution is -0.386. The minimum atomic E-state index is -0.411. The van der Waals surface area contributed by atoms with E-state index in [4.69, 9.17) is 4.74 Å². The van der Waals surface area contributed by atoms with E-state index in [1.807, 2.05) is 38.1 Å². The molecule has 31 heavy (non-hydrogen) atoms. The summed E-state index contributed by atoms with van der Waals surface area (Å²) < 4.78 is 7.33. The van der Waals surface area contributed by atoms with Crippen LogP contribution >= 0.6 is 0 Å². The van der Waals surface area contributed by atoms with E-state index in [0.29, 0.717) is 36.6 Å². The Morgan fingerprint density at radius 3 is 2.45 bits per heavy atom. The quantitative estimate of drug-likeness (QED) is 0.337. The van der Waals surface area contributed by atoms with Gasteiger partial charge in [0, 0.05) is 5.56 Å². The zero-order valence-electron chi connectivity index (χ0n) is 18.1. The predicted molar refractivity (Wildman–Crippen MR) is 118 cm³/mol. The molecular formula is C23H26N4O4. The maximum absolute atomic E-state index is 12.4. The Morgan fingerprint density at radius 1 is 1.13 bits per heavy atom. The zero-order valence-corrected chi connectivity index (χ0v) is 18.1. The number of aryl methyl sites for hydroxylation is 3. The maximum atomic E-state index is 12.4. The summed E-state index contributed by atoms with van der Waals surface area (Å²) in [6.07, 6.45) is 0. The van der Waals surface area contributed by atoms with Crippen molar-refractivity contribution in [2.24, 2.45) is 0 Å². The van der Waals surface area contributed by atoms with E-state index in [-0.39, 0.29) is 11.6 Å². The van der Waals surface area contributed by atoms with Gasteiger partial charge in [0.2, 0.25) is 0 Å². The van der Waals surface area contributed by atoms with Crippen molar-refractivity contribution in [3.05, 3.63) is 86.2 Å². The normalized spacial score (nSPS) is 10.7. The number of amides is 1. The van der Waals surface area contributed by atoms with Crippen LogP contribution in [0, 0.1) is 37.8 Å². The molecule has 8 nitrogen and oxygen atoms in total. The second-order valence-corrected chi connectivity index (χ2v) is 7.50. The van der Waals surface area contributed by atoms with Gasteiger partial charge in [0.25, 0.3) is 5.91 Å². The first-order chi connectivity index (χ1) is 14.8. The summed E-state index contributed by atoms with van der Waals surface area (Å²) in [6.45, 7) is 8.50. The van der Waals surface area contributed by atoms with Crippen molar-refractivity contribution in [2.45, 2.75) is 34.2 Å². The number of nitrogens with one attached hydrogen (secondary N) is 1. The van der Waals surface area contributed by atoms with E-state index in [1.165, 1.54) is 5.56 Å². The highest BCUT2D eigenvalue weighted by Crippen LogP contribution is 2.22. The minimum absolute atomic E-state index is 0.0408. The number of aromatic nitrogens is 2. The summed E-state index contributed by atoms with van der Waals surface area (Å²) in [5, 5.41) is 18.2. The number of nitrogens with zero attached hydrogens (tertiary/aromatic N) is 3. The van der Waals surface area contributed by atoms with Crippen LogP contribution in [-0.4, -0.2) is 33.8 Å². The molecule has 0 aliphatic heterocycles. The summed E-state index contributed by atoms with van der Waals surface area (Å²) >= 11 is 0. The lowest BCUT2D eigenvalue weighted by atomic mass is 10.1. The number of benzene rings is 2. The van der Waals surface area contributed by atoms with Gasteiger partial charge in [0.05, 0.1) is 18.0 Å². The molecule has 162 valence electrons. The van der Waals surface area contributed by atoms with Gasteiger partial charge in [-0.15, -0.1) is 0 Å². The van der Waals surface area contributed by atoms with E-state index in [1.54, 1.807) is 30.7 Å². The Morgan fingerprint density at radius 2 is 1.84 bits per heavy atom. The van der Waals surface area contributed by atoms with Crippen LogP contribution in [-0.2, 0) is 6.54 Å². The molecule has 1 N–H and O–H groups in total. The minimum Gasteiger partial charge on any atom is -0.491 e. The monoisotopic (exact) mass is 422 g/mol. The molecular weight excluding hydrogens is 396 g/mol. The highest BCUT2D eigenvalue weighted by Gasteiger charge is 2.21. The molecule has 0 fully saturated rings. The van der Waals surface area contributed by atoms with E-state index >= 15 is 0 Å². The molecule has 2 aromatic carbocycles. The highest BCUT2D eigenvalue weighted by atomic mass is 16.6. The lowest BCUT2D eigenvalue weighted by Crippen LogP contribution is -2.28.